The van der Waals surface area contributed by atoms with E-state index in [9.17, 15) is 4.79 Å². The van der Waals surface area contributed by atoms with Crippen LogP contribution in [0.1, 0.15) is 26.3 Å². The van der Waals surface area contributed by atoms with Crippen molar-refractivity contribution in [3.63, 3.8) is 0 Å². The molecule has 1 heterocycles. The zero-order valence-corrected chi connectivity index (χ0v) is 13.2. The highest BCUT2D eigenvalue weighted by atomic mass is 16.2. The minimum absolute atomic E-state index is 0.0299. The molecule has 21 heavy (non-hydrogen) atoms. The summed E-state index contributed by atoms with van der Waals surface area (Å²) in [5.41, 5.74) is 7.61. The van der Waals surface area contributed by atoms with E-state index >= 15 is 0 Å². The highest BCUT2D eigenvalue weighted by Gasteiger charge is 2.27. The number of rotatable bonds is 2. The lowest BCUT2D eigenvalue weighted by Crippen LogP contribution is -2.55. The van der Waals surface area contributed by atoms with Crippen LogP contribution in [-0.2, 0) is 6.54 Å². The van der Waals surface area contributed by atoms with Crippen LogP contribution < -0.4 is 11.1 Å². The summed E-state index contributed by atoms with van der Waals surface area (Å²) in [6.07, 6.45) is 0. The van der Waals surface area contributed by atoms with Crippen LogP contribution in [0.15, 0.2) is 24.3 Å². The fourth-order valence-electron chi connectivity index (χ4n) is 2.56. The van der Waals surface area contributed by atoms with Crippen molar-refractivity contribution in [2.75, 3.05) is 31.5 Å². The maximum Gasteiger partial charge on any atom is 0.321 e. The number of carbonyl (C=O) groups excluding carboxylic acids is 1. The number of nitrogens with zero attached hydrogens (tertiary/aromatic N) is 2. The fourth-order valence-corrected chi connectivity index (χ4v) is 2.56. The second-order valence-corrected chi connectivity index (χ2v) is 6.48. The molecule has 0 saturated carbocycles. The molecule has 1 aliphatic rings. The first kappa shape index (κ1) is 15.8. The molecule has 2 amide bonds. The predicted octanol–water partition coefficient (Wildman–Crippen LogP) is 2.09. The molecule has 0 aromatic heterocycles. The first-order valence-corrected chi connectivity index (χ1v) is 7.50. The Morgan fingerprint density at radius 1 is 1.24 bits per heavy atom. The summed E-state index contributed by atoms with van der Waals surface area (Å²) in [4.78, 5) is 16.6. The summed E-state index contributed by atoms with van der Waals surface area (Å²) < 4.78 is 0. The molecular formula is C16H26N4O. The van der Waals surface area contributed by atoms with Crippen molar-refractivity contribution in [2.24, 2.45) is 5.73 Å². The number of nitrogens with one attached hydrogen (secondary N) is 1. The number of amides is 2. The predicted molar refractivity (Wildman–Crippen MR) is 86.3 cm³/mol. The van der Waals surface area contributed by atoms with Gasteiger partial charge in [0.25, 0.3) is 0 Å². The third kappa shape index (κ3) is 4.19. The Bertz CT molecular complexity index is 487. The van der Waals surface area contributed by atoms with E-state index in [4.69, 9.17) is 5.73 Å². The number of anilines is 1. The molecule has 2 rings (SSSR count). The van der Waals surface area contributed by atoms with Crippen LogP contribution in [0.3, 0.4) is 0 Å². The number of hydrogen-bond donors (Lipinski definition) is 2. The van der Waals surface area contributed by atoms with Crippen LogP contribution in [0.25, 0.3) is 0 Å². The largest absolute Gasteiger partial charge is 0.326 e. The molecule has 1 aromatic carbocycles. The van der Waals surface area contributed by atoms with Crippen molar-refractivity contribution >= 4 is 11.7 Å². The topological polar surface area (TPSA) is 61.6 Å². The van der Waals surface area contributed by atoms with Gasteiger partial charge in [0.05, 0.1) is 0 Å². The van der Waals surface area contributed by atoms with E-state index in [1.54, 1.807) is 0 Å². The second kappa shape index (κ2) is 6.45. The van der Waals surface area contributed by atoms with Gasteiger partial charge in [-0.3, -0.25) is 4.90 Å². The Morgan fingerprint density at radius 2 is 1.90 bits per heavy atom. The Labute approximate surface area is 127 Å². The summed E-state index contributed by atoms with van der Waals surface area (Å²) in [6, 6.07) is 7.65. The quantitative estimate of drug-likeness (QED) is 0.877. The van der Waals surface area contributed by atoms with Gasteiger partial charge in [-0.2, -0.15) is 0 Å². The molecule has 0 unspecified atom stereocenters. The van der Waals surface area contributed by atoms with E-state index < -0.39 is 0 Å². The van der Waals surface area contributed by atoms with E-state index in [1.165, 1.54) is 0 Å². The summed E-state index contributed by atoms with van der Waals surface area (Å²) >= 11 is 0. The van der Waals surface area contributed by atoms with Crippen LogP contribution >= 0.6 is 0 Å². The first-order chi connectivity index (χ1) is 9.90. The summed E-state index contributed by atoms with van der Waals surface area (Å²) in [7, 11) is 0. The summed E-state index contributed by atoms with van der Waals surface area (Å²) in [5, 5.41) is 2.95. The number of benzene rings is 1. The standard InChI is InChI=1S/C16H26N4O/c1-16(2,3)20-9-7-19(8-10-20)15(21)18-14-6-4-5-13(11-14)12-17/h4-6,11H,7-10,12,17H2,1-3H3,(H,18,21). The van der Waals surface area contributed by atoms with Crippen molar-refractivity contribution < 1.29 is 4.79 Å². The number of urea groups is 1. The van der Waals surface area contributed by atoms with Gasteiger partial charge in [0.2, 0.25) is 0 Å². The van der Waals surface area contributed by atoms with Gasteiger partial charge in [0.1, 0.15) is 0 Å². The Balaban J connectivity index is 1.90. The van der Waals surface area contributed by atoms with Gasteiger partial charge < -0.3 is 16.0 Å². The highest BCUT2D eigenvalue weighted by molar-refractivity contribution is 5.89. The number of carbonyl (C=O) groups is 1. The SMILES string of the molecule is CC(C)(C)N1CCN(C(=O)Nc2cccc(CN)c2)CC1. The molecule has 3 N–H and O–H groups in total. The van der Waals surface area contributed by atoms with Gasteiger partial charge in [0, 0.05) is 44.0 Å². The molecule has 1 aromatic rings. The lowest BCUT2D eigenvalue weighted by molar-refractivity contribution is 0.0774. The minimum atomic E-state index is -0.0299. The van der Waals surface area contributed by atoms with E-state index in [0.717, 1.165) is 37.4 Å². The highest BCUT2D eigenvalue weighted by Crippen LogP contribution is 2.17. The average molecular weight is 290 g/mol. The molecule has 5 heteroatoms. The van der Waals surface area contributed by atoms with Gasteiger partial charge >= 0.3 is 6.03 Å². The maximum absolute atomic E-state index is 12.3. The summed E-state index contributed by atoms with van der Waals surface area (Å²) in [6.45, 7) is 10.5. The molecule has 0 aliphatic carbocycles. The van der Waals surface area contributed by atoms with Crippen LogP contribution in [0.4, 0.5) is 10.5 Å². The second-order valence-electron chi connectivity index (χ2n) is 6.48. The van der Waals surface area contributed by atoms with Crippen LogP contribution in [-0.4, -0.2) is 47.5 Å². The van der Waals surface area contributed by atoms with Crippen LogP contribution in [0.2, 0.25) is 0 Å². The number of hydrogen-bond acceptors (Lipinski definition) is 3. The first-order valence-electron chi connectivity index (χ1n) is 7.50. The zero-order chi connectivity index (χ0) is 15.5. The molecule has 1 aliphatic heterocycles. The summed E-state index contributed by atoms with van der Waals surface area (Å²) in [5.74, 6) is 0. The van der Waals surface area contributed by atoms with Gasteiger partial charge in [-0.25, -0.2) is 4.79 Å². The lowest BCUT2D eigenvalue weighted by atomic mass is 10.1. The lowest BCUT2D eigenvalue weighted by Gasteiger charge is -2.42. The van der Waals surface area contributed by atoms with Crippen molar-refractivity contribution in [1.82, 2.24) is 9.80 Å². The fraction of sp³-hybridized carbons (Fsp3) is 0.562. The molecular weight excluding hydrogens is 264 g/mol. The third-order valence-electron chi connectivity index (χ3n) is 3.93. The molecule has 5 nitrogen and oxygen atoms in total. The van der Waals surface area contributed by atoms with Gasteiger partial charge in [-0.15, -0.1) is 0 Å². The Hall–Kier alpha value is -1.59. The molecule has 0 radical (unpaired) electrons. The average Bonchev–Trinajstić information content (AvgIpc) is 2.46. The number of piperazine rings is 1. The number of nitrogens with two attached hydrogens (primary N) is 1. The van der Waals surface area contributed by atoms with Crippen LogP contribution in [0.5, 0.6) is 0 Å². The third-order valence-corrected chi connectivity index (χ3v) is 3.93. The molecule has 1 saturated heterocycles. The van der Waals surface area contributed by atoms with Gasteiger partial charge in [-0.05, 0) is 38.5 Å². The molecule has 0 atom stereocenters. The molecule has 1 fully saturated rings. The van der Waals surface area contributed by atoms with Crippen molar-refractivity contribution in [3.05, 3.63) is 29.8 Å². The van der Waals surface area contributed by atoms with Crippen molar-refractivity contribution in [1.29, 1.82) is 0 Å². The van der Waals surface area contributed by atoms with Gasteiger partial charge in [0.15, 0.2) is 0 Å². The van der Waals surface area contributed by atoms with E-state index in [2.05, 4.69) is 31.0 Å². The smallest absolute Gasteiger partial charge is 0.321 e. The molecule has 0 bridgehead atoms. The van der Waals surface area contributed by atoms with Crippen molar-refractivity contribution in [2.45, 2.75) is 32.9 Å². The van der Waals surface area contributed by atoms with Crippen molar-refractivity contribution in [3.8, 4) is 0 Å². The minimum Gasteiger partial charge on any atom is -0.326 e. The molecule has 116 valence electrons. The molecule has 0 spiro atoms. The maximum atomic E-state index is 12.3. The monoisotopic (exact) mass is 290 g/mol. The van der Waals surface area contributed by atoms with E-state index in [1.807, 2.05) is 29.2 Å². The van der Waals surface area contributed by atoms with Gasteiger partial charge in [-0.1, -0.05) is 12.1 Å². The Morgan fingerprint density at radius 3 is 2.48 bits per heavy atom. The Kier molecular flexibility index (Phi) is 4.85. The van der Waals surface area contributed by atoms with E-state index in [0.29, 0.717) is 6.54 Å². The van der Waals surface area contributed by atoms with Crippen LogP contribution in [0, 0.1) is 0 Å². The van der Waals surface area contributed by atoms with E-state index in [-0.39, 0.29) is 11.6 Å². The zero-order valence-electron chi connectivity index (χ0n) is 13.2. The normalized spacial score (nSPS) is 16.9.